The Hall–Kier alpha value is -1.14. The van der Waals surface area contributed by atoms with Gasteiger partial charge in [-0.15, -0.1) is 11.3 Å². The Labute approximate surface area is 104 Å². The van der Waals surface area contributed by atoms with Gasteiger partial charge in [-0.1, -0.05) is 6.92 Å². The zero-order chi connectivity index (χ0) is 12.1. The van der Waals surface area contributed by atoms with Gasteiger partial charge in [-0.25, -0.2) is 0 Å². The Bertz CT molecular complexity index is 401. The third-order valence-electron chi connectivity index (χ3n) is 2.22. The summed E-state index contributed by atoms with van der Waals surface area (Å²) in [5.41, 5.74) is 6.98. The van der Waals surface area contributed by atoms with Crippen LogP contribution in [0.1, 0.15) is 27.7 Å². The van der Waals surface area contributed by atoms with Gasteiger partial charge in [0.05, 0.1) is 5.56 Å². The Morgan fingerprint density at radius 1 is 1.50 bits per heavy atom. The van der Waals surface area contributed by atoms with Gasteiger partial charge in [0.15, 0.2) is 5.11 Å². The number of carbonyl (C=O) groups is 1. The van der Waals surface area contributed by atoms with Crippen molar-refractivity contribution in [3.8, 4) is 0 Å². The predicted octanol–water partition coefficient (Wildman–Crippen LogP) is 1.36. The lowest BCUT2D eigenvalue weighted by atomic mass is 10.1. The zero-order valence-corrected chi connectivity index (χ0v) is 11.1. The molecule has 0 aromatic carbocycles. The Morgan fingerprint density at radius 3 is 2.75 bits per heavy atom. The Balaban J connectivity index is 2.69. The summed E-state index contributed by atoms with van der Waals surface area (Å²) in [6.07, 6.45) is 0.856. The van der Waals surface area contributed by atoms with Crippen molar-refractivity contribution >= 4 is 34.6 Å². The van der Waals surface area contributed by atoms with Gasteiger partial charge in [0.2, 0.25) is 0 Å². The number of carbonyl (C=O) groups excluding carboxylic acids is 1. The summed E-state index contributed by atoms with van der Waals surface area (Å²) in [6.45, 7) is 4.06. The van der Waals surface area contributed by atoms with Gasteiger partial charge >= 0.3 is 0 Å². The molecule has 16 heavy (non-hydrogen) atoms. The second-order valence-corrected chi connectivity index (χ2v) is 4.69. The molecule has 4 nitrogen and oxygen atoms in total. The molecule has 1 aromatic heterocycles. The van der Waals surface area contributed by atoms with E-state index < -0.39 is 0 Å². The van der Waals surface area contributed by atoms with Gasteiger partial charge in [-0.05, 0) is 31.1 Å². The molecular weight excluding hydrogens is 242 g/mol. The van der Waals surface area contributed by atoms with Crippen molar-refractivity contribution in [1.82, 2.24) is 16.2 Å². The highest BCUT2D eigenvalue weighted by atomic mass is 32.1. The zero-order valence-electron chi connectivity index (χ0n) is 9.51. The number of thiophene rings is 1. The predicted molar refractivity (Wildman–Crippen MR) is 70.7 cm³/mol. The quantitative estimate of drug-likeness (QED) is 0.553. The molecule has 0 saturated carbocycles. The fraction of sp³-hybridized carbons (Fsp3) is 0.400. The standard InChI is InChI=1S/C10H15N3OS2/c1-4-7-6(2)16-5-8(7)9(14)12-13-10(15)11-3/h5H,4H2,1-3H3,(H,12,14)(H2,11,13,15). The van der Waals surface area contributed by atoms with Crippen LogP contribution in [0.25, 0.3) is 0 Å². The molecule has 3 N–H and O–H groups in total. The van der Waals surface area contributed by atoms with Crippen LogP contribution in [0.5, 0.6) is 0 Å². The van der Waals surface area contributed by atoms with E-state index in [9.17, 15) is 4.79 Å². The molecule has 0 aliphatic heterocycles. The number of hydrogen-bond donors (Lipinski definition) is 3. The molecule has 0 unspecified atom stereocenters. The van der Waals surface area contributed by atoms with Gasteiger partial charge in [-0.2, -0.15) is 0 Å². The minimum atomic E-state index is -0.154. The smallest absolute Gasteiger partial charge is 0.270 e. The lowest BCUT2D eigenvalue weighted by Gasteiger charge is -2.09. The number of rotatable bonds is 2. The fourth-order valence-electron chi connectivity index (χ4n) is 1.35. The Morgan fingerprint density at radius 2 is 2.19 bits per heavy atom. The maximum Gasteiger partial charge on any atom is 0.270 e. The van der Waals surface area contributed by atoms with E-state index in [2.05, 4.69) is 16.2 Å². The molecule has 1 amide bonds. The van der Waals surface area contributed by atoms with Gasteiger partial charge < -0.3 is 5.32 Å². The highest BCUT2D eigenvalue weighted by Crippen LogP contribution is 2.21. The van der Waals surface area contributed by atoms with Gasteiger partial charge in [0.25, 0.3) is 5.91 Å². The molecule has 0 bridgehead atoms. The first-order chi connectivity index (χ1) is 7.60. The van der Waals surface area contributed by atoms with Crippen LogP contribution in [0.4, 0.5) is 0 Å². The number of thiocarbonyl (C=S) groups is 1. The van der Waals surface area contributed by atoms with Gasteiger partial charge in [-0.3, -0.25) is 15.6 Å². The monoisotopic (exact) mass is 257 g/mol. The maximum absolute atomic E-state index is 11.8. The summed E-state index contributed by atoms with van der Waals surface area (Å²) in [5, 5.41) is 4.97. The molecule has 6 heteroatoms. The first-order valence-corrected chi connectivity index (χ1v) is 6.24. The minimum Gasteiger partial charge on any atom is -0.364 e. The third kappa shape index (κ3) is 2.93. The third-order valence-corrected chi connectivity index (χ3v) is 3.48. The summed E-state index contributed by atoms with van der Waals surface area (Å²) >= 11 is 6.44. The number of nitrogens with one attached hydrogen (secondary N) is 3. The lowest BCUT2D eigenvalue weighted by Crippen LogP contribution is -2.45. The van der Waals surface area contributed by atoms with Crippen molar-refractivity contribution in [3.05, 3.63) is 21.4 Å². The van der Waals surface area contributed by atoms with Gasteiger partial charge in [0.1, 0.15) is 0 Å². The van der Waals surface area contributed by atoms with Crippen LogP contribution < -0.4 is 16.2 Å². The highest BCUT2D eigenvalue weighted by Gasteiger charge is 2.13. The summed E-state index contributed by atoms with van der Waals surface area (Å²) in [5.74, 6) is -0.154. The van der Waals surface area contributed by atoms with E-state index in [0.717, 1.165) is 17.5 Å². The van der Waals surface area contributed by atoms with Crippen molar-refractivity contribution in [2.24, 2.45) is 0 Å². The summed E-state index contributed by atoms with van der Waals surface area (Å²) in [4.78, 5) is 13.0. The average Bonchev–Trinajstić information content (AvgIpc) is 2.66. The average molecular weight is 257 g/mol. The first kappa shape index (κ1) is 12.9. The van der Waals surface area contributed by atoms with Crippen molar-refractivity contribution in [3.63, 3.8) is 0 Å². The van der Waals surface area contributed by atoms with Crippen LogP contribution in [-0.4, -0.2) is 18.1 Å². The molecule has 1 heterocycles. The SMILES string of the molecule is CCc1c(C(=O)NNC(=S)NC)csc1C. The first-order valence-electron chi connectivity index (χ1n) is 4.95. The van der Waals surface area contributed by atoms with Crippen molar-refractivity contribution in [1.29, 1.82) is 0 Å². The number of hydrazine groups is 1. The van der Waals surface area contributed by atoms with Crippen LogP contribution in [0.15, 0.2) is 5.38 Å². The second kappa shape index (κ2) is 5.81. The molecule has 0 atom stereocenters. The van der Waals surface area contributed by atoms with E-state index in [0.29, 0.717) is 5.11 Å². The highest BCUT2D eigenvalue weighted by molar-refractivity contribution is 7.80. The van der Waals surface area contributed by atoms with E-state index in [1.54, 1.807) is 18.4 Å². The summed E-state index contributed by atoms with van der Waals surface area (Å²) < 4.78 is 0. The van der Waals surface area contributed by atoms with Crippen molar-refractivity contribution in [2.75, 3.05) is 7.05 Å². The Kier molecular flexibility index (Phi) is 4.70. The normalized spacial score (nSPS) is 9.69. The lowest BCUT2D eigenvalue weighted by molar-refractivity contribution is 0.0943. The van der Waals surface area contributed by atoms with Crippen molar-refractivity contribution in [2.45, 2.75) is 20.3 Å². The maximum atomic E-state index is 11.8. The largest absolute Gasteiger partial charge is 0.364 e. The number of hydrogen-bond acceptors (Lipinski definition) is 3. The van der Waals surface area contributed by atoms with Crippen LogP contribution in [0.2, 0.25) is 0 Å². The summed E-state index contributed by atoms with van der Waals surface area (Å²) in [6, 6.07) is 0. The van der Waals surface area contributed by atoms with Crippen LogP contribution in [0, 0.1) is 6.92 Å². The van der Waals surface area contributed by atoms with Crippen LogP contribution >= 0.6 is 23.6 Å². The molecule has 1 rings (SSSR count). The van der Waals surface area contributed by atoms with E-state index in [1.807, 2.05) is 19.2 Å². The molecule has 0 saturated heterocycles. The van der Waals surface area contributed by atoms with E-state index in [4.69, 9.17) is 12.2 Å². The topological polar surface area (TPSA) is 53.2 Å². The van der Waals surface area contributed by atoms with E-state index in [1.165, 1.54) is 4.88 Å². The summed E-state index contributed by atoms with van der Waals surface area (Å²) in [7, 11) is 1.69. The number of amides is 1. The van der Waals surface area contributed by atoms with Crippen molar-refractivity contribution < 1.29 is 4.79 Å². The number of aryl methyl sites for hydroxylation is 1. The molecule has 0 radical (unpaired) electrons. The fourth-order valence-corrected chi connectivity index (χ4v) is 2.34. The minimum absolute atomic E-state index is 0.154. The second-order valence-electron chi connectivity index (χ2n) is 3.20. The van der Waals surface area contributed by atoms with E-state index in [-0.39, 0.29) is 5.91 Å². The van der Waals surface area contributed by atoms with E-state index >= 15 is 0 Å². The molecule has 0 aliphatic carbocycles. The van der Waals surface area contributed by atoms with Crippen LogP contribution in [0.3, 0.4) is 0 Å². The molecule has 0 fully saturated rings. The molecule has 0 spiro atoms. The molecule has 0 aliphatic rings. The molecule has 88 valence electrons. The molecule has 1 aromatic rings. The van der Waals surface area contributed by atoms with Gasteiger partial charge in [0, 0.05) is 17.3 Å². The van der Waals surface area contributed by atoms with Crippen LogP contribution in [-0.2, 0) is 6.42 Å². The molecular formula is C10H15N3OS2.